The molecule has 0 radical (unpaired) electrons. The van der Waals surface area contributed by atoms with Crippen molar-refractivity contribution in [3.05, 3.63) is 72.8 Å². The summed E-state index contributed by atoms with van der Waals surface area (Å²) in [6.07, 6.45) is 2.95. The Bertz CT molecular complexity index is 1050. The lowest BCUT2D eigenvalue weighted by Crippen LogP contribution is -2.56. The van der Waals surface area contributed by atoms with Crippen LogP contribution in [0.5, 0.6) is 5.75 Å². The molecule has 1 heterocycles. The van der Waals surface area contributed by atoms with Crippen LogP contribution in [-0.2, 0) is 20.6 Å². The minimum Gasteiger partial charge on any atom is -0.491 e. The van der Waals surface area contributed by atoms with E-state index in [0.29, 0.717) is 11.3 Å². The third-order valence-corrected chi connectivity index (χ3v) is 5.57. The van der Waals surface area contributed by atoms with Crippen molar-refractivity contribution in [2.45, 2.75) is 18.2 Å². The van der Waals surface area contributed by atoms with Gasteiger partial charge in [-0.1, -0.05) is 30.3 Å². The average molecular weight is 416 g/mol. The molecular formula is C19H20N4O5S. The molecule has 0 aliphatic heterocycles. The van der Waals surface area contributed by atoms with Crippen LogP contribution in [0.3, 0.4) is 0 Å². The predicted octanol–water partition coefficient (Wildman–Crippen LogP) is 1.61. The number of hydrogen-bond acceptors (Lipinski definition) is 6. The average Bonchev–Trinajstić information content (AvgIpc) is 3.21. The van der Waals surface area contributed by atoms with Gasteiger partial charge in [0.25, 0.3) is 0 Å². The van der Waals surface area contributed by atoms with Gasteiger partial charge in [-0.15, -0.1) is 0 Å². The molecule has 1 unspecified atom stereocenters. The van der Waals surface area contributed by atoms with E-state index < -0.39 is 21.5 Å². The zero-order valence-corrected chi connectivity index (χ0v) is 16.4. The smallest absolute Gasteiger partial charge is 0.328 e. The Kier molecular flexibility index (Phi) is 5.95. The second kappa shape index (κ2) is 8.41. The van der Waals surface area contributed by atoms with Gasteiger partial charge in [0.1, 0.15) is 25.0 Å². The third kappa shape index (κ3) is 5.39. The maximum Gasteiger partial charge on any atom is 0.328 e. The van der Waals surface area contributed by atoms with Crippen molar-refractivity contribution in [3.63, 3.8) is 0 Å². The van der Waals surface area contributed by atoms with E-state index in [4.69, 9.17) is 4.74 Å². The van der Waals surface area contributed by atoms with Gasteiger partial charge in [-0.3, -0.25) is 4.79 Å². The number of aliphatic carboxylic acids is 1. The summed E-state index contributed by atoms with van der Waals surface area (Å²) in [6.45, 7) is 0.876. The lowest BCUT2D eigenvalue weighted by Gasteiger charge is -2.26. The fourth-order valence-electron chi connectivity index (χ4n) is 2.57. The molecule has 152 valence electrons. The number of benzene rings is 2. The van der Waals surface area contributed by atoms with E-state index in [9.17, 15) is 18.3 Å². The van der Waals surface area contributed by atoms with E-state index in [1.54, 1.807) is 65.6 Å². The van der Waals surface area contributed by atoms with Crippen LogP contribution in [0.25, 0.3) is 5.69 Å². The van der Waals surface area contributed by atoms with E-state index in [0.717, 1.165) is 5.69 Å². The van der Waals surface area contributed by atoms with E-state index in [2.05, 4.69) is 14.8 Å². The van der Waals surface area contributed by atoms with Crippen molar-refractivity contribution in [1.82, 2.24) is 19.5 Å². The highest BCUT2D eigenvalue weighted by Crippen LogP contribution is 2.18. The zero-order valence-electron chi connectivity index (χ0n) is 15.6. The molecule has 2 aromatic carbocycles. The van der Waals surface area contributed by atoms with Crippen molar-refractivity contribution in [2.75, 3.05) is 6.61 Å². The summed E-state index contributed by atoms with van der Waals surface area (Å²) in [7, 11) is -3.91. The van der Waals surface area contributed by atoms with Crippen LogP contribution in [0.2, 0.25) is 0 Å². The van der Waals surface area contributed by atoms with Gasteiger partial charge in [0.2, 0.25) is 10.0 Å². The minimum absolute atomic E-state index is 0.330. The van der Waals surface area contributed by atoms with Crippen molar-refractivity contribution in [1.29, 1.82) is 0 Å². The molecule has 0 spiro atoms. The van der Waals surface area contributed by atoms with Gasteiger partial charge < -0.3 is 9.84 Å². The molecule has 1 aromatic heterocycles. The largest absolute Gasteiger partial charge is 0.491 e. The van der Waals surface area contributed by atoms with Crippen molar-refractivity contribution >= 4 is 16.0 Å². The summed E-state index contributed by atoms with van der Waals surface area (Å²) in [6, 6.07) is 15.2. The van der Waals surface area contributed by atoms with E-state index in [-0.39, 0.29) is 12.4 Å². The SMILES string of the molecule is CC(COc1ccc(-n2cncn2)cc1)(NS(=O)(=O)Cc1ccccc1)C(=O)O. The molecule has 2 N–H and O–H groups in total. The number of sulfonamides is 1. The number of nitrogens with one attached hydrogen (secondary N) is 1. The van der Waals surface area contributed by atoms with Crippen LogP contribution in [0.1, 0.15) is 12.5 Å². The second-order valence-electron chi connectivity index (χ2n) is 6.61. The van der Waals surface area contributed by atoms with Crippen LogP contribution in [0, 0.1) is 0 Å². The molecule has 0 amide bonds. The monoisotopic (exact) mass is 416 g/mol. The normalized spacial score (nSPS) is 13.6. The van der Waals surface area contributed by atoms with Crippen LogP contribution in [0.15, 0.2) is 67.3 Å². The fourth-order valence-corrected chi connectivity index (χ4v) is 4.11. The number of carboxylic acid groups (broad SMARTS) is 1. The first-order valence-corrected chi connectivity index (χ1v) is 10.3. The Morgan fingerprint density at radius 1 is 1.17 bits per heavy atom. The fraction of sp³-hybridized carbons (Fsp3) is 0.211. The molecule has 0 bridgehead atoms. The summed E-state index contributed by atoms with van der Waals surface area (Å²) in [5, 5.41) is 13.6. The van der Waals surface area contributed by atoms with Gasteiger partial charge in [-0.25, -0.2) is 18.1 Å². The third-order valence-electron chi connectivity index (χ3n) is 4.10. The Morgan fingerprint density at radius 3 is 2.45 bits per heavy atom. The highest BCUT2D eigenvalue weighted by molar-refractivity contribution is 7.88. The predicted molar refractivity (Wildman–Crippen MR) is 105 cm³/mol. The Balaban J connectivity index is 1.68. The Labute approximate surface area is 168 Å². The van der Waals surface area contributed by atoms with Gasteiger partial charge in [-0.2, -0.15) is 9.82 Å². The first-order valence-electron chi connectivity index (χ1n) is 8.64. The summed E-state index contributed by atoms with van der Waals surface area (Å²) >= 11 is 0. The molecule has 0 aliphatic carbocycles. The minimum atomic E-state index is -3.91. The Morgan fingerprint density at radius 2 is 1.86 bits per heavy atom. The molecule has 10 heteroatoms. The summed E-state index contributed by atoms with van der Waals surface area (Å²) < 4.78 is 34.3. The first-order chi connectivity index (χ1) is 13.8. The van der Waals surface area contributed by atoms with Crippen LogP contribution < -0.4 is 9.46 Å². The standard InChI is InChI=1S/C19H20N4O5S/c1-19(18(24)25,22-29(26,27)11-15-5-3-2-4-6-15)12-28-17-9-7-16(8-10-17)23-14-20-13-21-23/h2-10,13-14,22H,11-12H2,1H3,(H,24,25). The van der Waals surface area contributed by atoms with Gasteiger partial charge in [-0.05, 0) is 36.8 Å². The summed E-state index contributed by atoms with van der Waals surface area (Å²) in [5.74, 6) is -1.28. The van der Waals surface area contributed by atoms with Crippen molar-refractivity contribution in [2.24, 2.45) is 0 Å². The van der Waals surface area contributed by atoms with Crippen LogP contribution >= 0.6 is 0 Å². The number of carboxylic acids is 1. The molecule has 29 heavy (non-hydrogen) atoms. The van der Waals surface area contributed by atoms with E-state index in [1.807, 2.05) is 0 Å². The van der Waals surface area contributed by atoms with Gasteiger partial charge in [0.05, 0.1) is 11.4 Å². The number of hydrogen-bond donors (Lipinski definition) is 2. The van der Waals surface area contributed by atoms with Crippen molar-refractivity contribution < 1.29 is 23.1 Å². The zero-order chi connectivity index (χ0) is 20.9. The Hall–Kier alpha value is -3.24. The number of carbonyl (C=O) groups is 1. The highest BCUT2D eigenvalue weighted by atomic mass is 32.2. The lowest BCUT2D eigenvalue weighted by atomic mass is 10.1. The van der Waals surface area contributed by atoms with Crippen molar-refractivity contribution in [3.8, 4) is 11.4 Å². The maximum absolute atomic E-state index is 12.5. The van der Waals surface area contributed by atoms with Gasteiger partial charge in [0, 0.05) is 0 Å². The first kappa shape index (κ1) is 20.5. The van der Waals surface area contributed by atoms with Crippen LogP contribution in [0.4, 0.5) is 0 Å². The van der Waals surface area contributed by atoms with Crippen LogP contribution in [-0.4, -0.2) is 46.4 Å². The summed E-state index contributed by atoms with van der Waals surface area (Å²) in [4.78, 5) is 15.6. The molecule has 0 aliphatic rings. The molecular weight excluding hydrogens is 396 g/mol. The van der Waals surface area contributed by atoms with E-state index in [1.165, 1.54) is 13.3 Å². The number of ether oxygens (including phenoxy) is 1. The van der Waals surface area contributed by atoms with E-state index >= 15 is 0 Å². The quantitative estimate of drug-likeness (QED) is 0.543. The summed E-state index contributed by atoms with van der Waals surface area (Å²) in [5.41, 5.74) is -0.533. The topological polar surface area (TPSA) is 123 Å². The number of nitrogens with zero attached hydrogens (tertiary/aromatic N) is 3. The molecule has 3 aromatic rings. The number of rotatable bonds is 9. The van der Waals surface area contributed by atoms with Gasteiger partial charge >= 0.3 is 5.97 Å². The molecule has 3 rings (SSSR count). The molecule has 0 saturated heterocycles. The maximum atomic E-state index is 12.5. The highest BCUT2D eigenvalue weighted by Gasteiger charge is 2.38. The number of aromatic nitrogens is 3. The molecule has 1 atom stereocenters. The second-order valence-corrected chi connectivity index (χ2v) is 8.33. The molecule has 9 nitrogen and oxygen atoms in total. The lowest BCUT2D eigenvalue weighted by molar-refractivity contribution is -0.144. The molecule has 0 fully saturated rings. The van der Waals surface area contributed by atoms with Gasteiger partial charge in [0.15, 0.2) is 5.54 Å². The molecule has 0 saturated carbocycles.